The largest absolute Gasteiger partial charge is 0.463 e. The zero-order valence-electron chi connectivity index (χ0n) is 17.2. The maximum Gasteiger partial charge on any atom is 0.336 e. The second-order valence-electron chi connectivity index (χ2n) is 6.84. The summed E-state index contributed by atoms with van der Waals surface area (Å²) in [6, 6.07) is 13.4. The van der Waals surface area contributed by atoms with Crippen LogP contribution in [0, 0.1) is 12.7 Å². The Morgan fingerprint density at radius 3 is 1.83 bits per heavy atom. The Bertz CT molecular complexity index is 941. The predicted octanol–water partition coefficient (Wildman–Crippen LogP) is 4.63. The minimum atomic E-state index is -0.731. The lowest BCUT2D eigenvalue weighted by atomic mass is 9.83. The number of rotatable bonds is 6. The van der Waals surface area contributed by atoms with Crippen LogP contribution < -0.4 is 4.90 Å². The maximum atomic E-state index is 13.5. The van der Waals surface area contributed by atoms with E-state index in [0.717, 1.165) is 11.3 Å². The summed E-state index contributed by atoms with van der Waals surface area (Å²) < 4.78 is 24.0. The van der Waals surface area contributed by atoms with Crippen LogP contribution in [0.3, 0.4) is 0 Å². The van der Waals surface area contributed by atoms with Gasteiger partial charge in [0.25, 0.3) is 0 Å². The summed E-state index contributed by atoms with van der Waals surface area (Å²) in [7, 11) is 0. The van der Waals surface area contributed by atoms with Gasteiger partial charge in [-0.1, -0.05) is 29.8 Å². The number of esters is 2. The van der Waals surface area contributed by atoms with Crippen LogP contribution in [0.4, 0.5) is 10.1 Å². The van der Waals surface area contributed by atoms with Crippen molar-refractivity contribution < 1.29 is 23.5 Å². The Morgan fingerprint density at radius 1 is 0.867 bits per heavy atom. The molecule has 3 rings (SSSR count). The molecular weight excluding hydrogens is 385 g/mol. The first-order valence-corrected chi connectivity index (χ1v) is 9.82. The van der Waals surface area contributed by atoms with Crippen molar-refractivity contribution in [3.63, 3.8) is 0 Å². The maximum absolute atomic E-state index is 13.5. The first-order valence-electron chi connectivity index (χ1n) is 9.82. The molecule has 0 bridgehead atoms. The highest BCUT2D eigenvalue weighted by molar-refractivity contribution is 6.00. The van der Waals surface area contributed by atoms with Crippen molar-refractivity contribution in [3.8, 4) is 0 Å². The van der Waals surface area contributed by atoms with Gasteiger partial charge in [0, 0.05) is 18.1 Å². The van der Waals surface area contributed by atoms with E-state index in [9.17, 15) is 14.0 Å². The van der Waals surface area contributed by atoms with E-state index in [2.05, 4.69) is 0 Å². The first-order chi connectivity index (χ1) is 14.4. The summed E-state index contributed by atoms with van der Waals surface area (Å²) in [5.74, 6) is -2.22. The number of carbonyl (C=O) groups is 2. The lowest BCUT2D eigenvalue weighted by Gasteiger charge is -2.30. The number of halogens is 1. The van der Waals surface area contributed by atoms with Crippen molar-refractivity contribution in [3.05, 3.63) is 89.0 Å². The summed E-state index contributed by atoms with van der Waals surface area (Å²) in [5, 5.41) is 0. The molecule has 0 radical (unpaired) electrons. The minimum Gasteiger partial charge on any atom is -0.463 e. The summed E-state index contributed by atoms with van der Waals surface area (Å²) >= 11 is 0. The zero-order valence-corrected chi connectivity index (χ0v) is 17.2. The molecule has 30 heavy (non-hydrogen) atoms. The molecular formula is C24H24FNO4. The fourth-order valence-corrected chi connectivity index (χ4v) is 3.30. The van der Waals surface area contributed by atoms with Crippen LogP contribution in [0.15, 0.2) is 72.1 Å². The van der Waals surface area contributed by atoms with Gasteiger partial charge in [0.2, 0.25) is 0 Å². The molecule has 6 heteroatoms. The number of carbonyl (C=O) groups excluding carboxylic acids is 2. The number of anilines is 1. The molecule has 0 N–H and O–H groups in total. The second kappa shape index (κ2) is 9.39. The molecule has 5 nitrogen and oxygen atoms in total. The Balaban J connectivity index is 2.15. The van der Waals surface area contributed by atoms with E-state index >= 15 is 0 Å². The molecule has 0 saturated heterocycles. The van der Waals surface area contributed by atoms with E-state index in [1.807, 2.05) is 31.2 Å². The van der Waals surface area contributed by atoms with Gasteiger partial charge in [-0.2, -0.15) is 0 Å². The highest BCUT2D eigenvalue weighted by Crippen LogP contribution is 2.38. The monoisotopic (exact) mass is 409 g/mol. The Hall–Kier alpha value is -3.41. The van der Waals surface area contributed by atoms with E-state index in [4.69, 9.17) is 9.47 Å². The number of benzene rings is 2. The molecule has 0 aromatic heterocycles. The van der Waals surface area contributed by atoms with E-state index in [-0.39, 0.29) is 24.4 Å². The molecule has 0 aliphatic carbocycles. The van der Waals surface area contributed by atoms with Crippen molar-refractivity contribution in [1.82, 2.24) is 0 Å². The van der Waals surface area contributed by atoms with Gasteiger partial charge >= 0.3 is 11.9 Å². The number of hydrogen-bond donors (Lipinski definition) is 0. The molecule has 156 valence electrons. The first kappa shape index (κ1) is 21.3. The Labute approximate surface area is 175 Å². The number of ether oxygens (including phenoxy) is 2. The highest BCUT2D eigenvalue weighted by atomic mass is 19.1. The lowest BCUT2D eigenvalue weighted by molar-refractivity contribution is -0.139. The Morgan fingerprint density at radius 2 is 1.37 bits per heavy atom. The molecule has 1 heterocycles. The van der Waals surface area contributed by atoms with Crippen molar-refractivity contribution in [1.29, 1.82) is 0 Å². The quantitative estimate of drug-likeness (QED) is 0.651. The van der Waals surface area contributed by atoms with Crippen LogP contribution in [0.25, 0.3) is 0 Å². The van der Waals surface area contributed by atoms with Gasteiger partial charge in [-0.3, -0.25) is 0 Å². The van der Waals surface area contributed by atoms with Gasteiger partial charge in [-0.25, -0.2) is 14.0 Å². The topological polar surface area (TPSA) is 55.8 Å². The van der Waals surface area contributed by atoms with E-state index < -0.39 is 23.7 Å². The lowest BCUT2D eigenvalue weighted by Crippen LogP contribution is -2.29. The predicted molar refractivity (Wildman–Crippen MR) is 112 cm³/mol. The smallest absolute Gasteiger partial charge is 0.336 e. The number of hydrogen-bond acceptors (Lipinski definition) is 5. The third-order valence-corrected chi connectivity index (χ3v) is 4.74. The van der Waals surface area contributed by atoms with Crippen LogP contribution in [0.1, 0.15) is 30.9 Å². The van der Waals surface area contributed by atoms with Crippen molar-refractivity contribution in [2.24, 2.45) is 0 Å². The fourth-order valence-electron chi connectivity index (χ4n) is 3.30. The summed E-state index contributed by atoms with van der Waals surface area (Å²) in [5.41, 5.74) is 3.01. The van der Waals surface area contributed by atoms with Crippen molar-refractivity contribution >= 4 is 17.6 Å². The van der Waals surface area contributed by atoms with E-state index in [1.54, 1.807) is 43.3 Å². The molecule has 2 aromatic carbocycles. The van der Waals surface area contributed by atoms with Gasteiger partial charge in [0.05, 0.1) is 30.3 Å². The van der Waals surface area contributed by atoms with E-state index in [1.165, 1.54) is 12.1 Å². The Kier molecular flexibility index (Phi) is 6.67. The average molecular weight is 409 g/mol. The highest BCUT2D eigenvalue weighted by Gasteiger charge is 2.35. The van der Waals surface area contributed by atoms with Crippen LogP contribution in [-0.2, 0) is 19.1 Å². The molecule has 0 unspecified atom stereocenters. The number of nitrogens with zero attached hydrogens (tertiary/aromatic N) is 1. The van der Waals surface area contributed by atoms with Gasteiger partial charge in [0.1, 0.15) is 5.82 Å². The molecule has 0 atom stereocenters. The van der Waals surface area contributed by atoms with Crippen LogP contribution in [0.5, 0.6) is 0 Å². The van der Waals surface area contributed by atoms with Gasteiger partial charge in [0.15, 0.2) is 0 Å². The minimum absolute atomic E-state index is 0.190. The van der Waals surface area contributed by atoms with Crippen LogP contribution in [-0.4, -0.2) is 25.2 Å². The van der Waals surface area contributed by atoms with E-state index in [0.29, 0.717) is 5.56 Å². The third kappa shape index (κ3) is 4.59. The molecule has 0 fully saturated rings. The summed E-state index contributed by atoms with van der Waals surface area (Å²) in [4.78, 5) is 27.4. The molecule has 1 aliphatic rings. The van der Waals surface area contributed by atoms with Crippen LogP contribution >= 0.6 is 0 Å². The summed E-state index contributed by atoms with van der Waals surface area (Å²) in [6.45, 7) is 5.79. The van der Waals surface area contributed by atoms with Crippen LogP contribution in [0.2, 0.25) is 0 Å². The average Bonchev–Trinajstić information content (AvgIpc) is 2.74. The normalized spacial score (nSPS) is 14.1. The van der Waals surface area contributed by atoms with Gasteiger partial charge < -0.3 is 14.4 Å². The zero-order chi connectivity index (χ0) is 21.7. The van der Waals surface area contributed by atoms with Gasteiger partial charge in [-0.05, 0) is 50.6 Å². The van der Waals surface area contributed by atoms with Crippen molar-refractivity contribution in [2.45, 2.75) is 26.7 Å². The second-order valence-corrected chi connectivity index (χ2v) is 6.84. The molecule has 2 aromatic rings. The fraction of sp³-hybridized carbons (Fsp3) is 0.250. The molecule has 0 amide bonds. The van der Waals surface area contributed by atoms with Gasteiger partial charge in [-0.15, -0.1) is 0 Å². The standard InChI is InChI=1S/C24H24FNO4/c1-4-29-23(27)20-14-26(19-12-6-16(3)7-13-19)15-21(24(28)30-5-2)22(20)17-8-10-18(25)11-9-17/h6-15,22H,4-5H2,1-3H3. The molecule has 0 spiro atoms. The van der Waals surface area contributed by atoms with Crippen molar-refractivity contribution in [2.75, 3.05) is 18.1 Å². The molecule has 0 saturated carbocycles. The molecule has 1 aliphatic heterocycles. The SMILES string of the molecule is CCOC(=O)C1=CN(c2ccc(C)cc2)C=C(C(=O)OCC)C1c1ccc(F)cc1. The number of aryl methyl sites for hydroxylation is 1. The third-order valence-electron chi connectivity index (χ3n) is 4.74. The summed E-state index contributed by atoms with van der Waals surface area (Å²) in [6.07, 6.45) is 3.30.